The number of ether oxygens (including phenoxy) is 2. The van der Waals surface area contributed by atoms with E-state index in [2.05, 4.69) is 20.6 Å². The van der Waals surface area contributed by atoms with E-state index in [1.165, 1.54) is 32.4 Å². The molecular formula is C18H13Cl4FN4O2. The van der Waals surface area contributed by atoms with Crippen molar-refractivity contribution in [3.63, 3.8) is 0 Å². The highest BCUT2D eigenvalue weighted by Gasteiger charge is 2.14. The molecule has 0 aliphatic heterocycles. The van der Waals surface area contributed by atoms with Crippen molar-refractivity contribution in [1.82, 2.24) is 9.97 Å². The van der Waals surface area contributed by atoms with Gasteiger partial charge in [0.25, 0.3) is 0 Å². The van der Waals surface area contributed by atoms with Crippen LogP contribution in [0.2, 0.25) is 20.1 Å². The maximum Gasteiger partial charge on any atom is 0.229 e. The Morgan fingerprint density at radius 1 is 0.793 bits per heavy atom. The van der Waals surface area contributed by atoms with Crippen LogP contribution >= 0.6 is 46.4 Å². The van der Waals surface area contributed by atoms with Crippen LogP contribution in [0, 0.1) is 5.82 Å². The average Bonchev–Trinajstić information content (AvgIpc) is 2.68. The van der Waals surface area contributed by atoms with Crippen LogP contribution in [0.5, 0.6) is 11.5 Å². The van der Waals surface area contributed by atoms with E-state index in [-0.39, 0.29) is 16.8 Å². The monoisotopic (exact) mass is 476 g/mol. The van der Waals surface area contributed by atoms with Crippen molar-refractivity contribution in [1.29, 1.82) is 0 Å². The first-order valence-corrected chi connectivity index (χ1v) is 9.46. The smallest absolute Gasteiger partial charge is 0.229 e. The molecule has 29 heavy (non-hydrogen) atoms. The summed E-state index contributed by atoms with van der Waals surface area (Å²) < 4.78 is 24.6. The summed E-state index contributed by atoms with van der Waals surface area (Å²) in [6, 6.07) is 6.08. The van der Waals surface area contributed by atoms with Crippen LogP contribution in [0.4, 0.5) is 27.5 Å². The second-order valence-electron chi connectivity index (χ2n) is 5.57. The maximum absolute atomic E-state index is 14.3. The van der Waals surface area contributed by atoms with Crippen molar-refractivity contribution >= 4 is 69.5 Å². The van der Waals surface area contributed by atoms with Gasteiger partial charge in [0.2, 0.25) is 5.95 Å². The molecule has 3 rings (SSSR count). The number of methoxy groups -OCH3 is 2. The van der Waals surface area contributed by atoms with Gasteiger partial charge in [-0.05, 0) is 12.1 Å². The van der Waals surface area contributed by atoms with Crippen molar-refractivity contribution in [3.8, 4) is 11.5 Å². The predicted molar refractivity (Wildman–Crippen MR) is 115 cm³/mol. The average molecular weight is 478 g/mol. The first-order chi connectivity index (χ1) is 13.8. The van der Waals surface area contributed by atoms with E-state index in [1.54, 1.807) is 6.07 Å². The zero-order chi connectivity index (χ0) is 21.1. The van der Waals surface area contributed by atoms with E-state index in [0.717, 1.165) is 6.20 Å². The fourth-order valence-corrected chi connectivity index (χ4v) is 3.34. The van der Waals surface area contributed by atoms with Gasteiger partial charge in [-0.3, -0.25) is 0 Å². The van der Waals surface area contributed by atoms with Gasteiger partial charge < -0.3 is 20.1 Å². The lowest BCUT2D eigenvalue weighted by atomic mass is 10.3. The Balaban J connectivity index is 1.92. The van der Waals surface area contributed by atoms with Gasteiger partial charge in [-0.15, -0.1) is 0 Å². The zero-order valence-electron chi connectivity index (χ0n) is 15.0. The van der Waals surface area contributed by atoms with E-state index < -0.39 is 5.82 Å². The summed E-state index contributed by atoms with van der Waals surface area (Å²) in [5.41, 5.74) is 0.777. The summed E-state index contributed by atoms with van der Waals surface area (Å²) >= 11 is 24.4. The Hall–Kier alpha value is -2.19. The molecule has 0 atom stereocenters. The molecular weight excluding hydrogens is 465 g/mol. The molecule has 3 aromatic rings. The number of hydrogen-bond acceptors (Lipinski definition) is 6. The van der Waals surface area contributed by atoms with Gasteiger partial charge in [0.1, 0.15) is 11.5 Å². The Morgan fingerprint density at radius 3 is 1.83 bits per heavy atom. The highest BCUT2D eigenvalue weighted by atomic mass is 35.5. The van der Waals surface area contributed by atoms with Gasteiger partial charge in [0.05, 0.1) is 51.9 Å². The fourth-order valence-electron chi connectivity index (χ4n) is 2.33. The summed E-state index contributed by atoms with van der Waals surface area (Å²) in [7, 11) is 2.93. The van der Waals surface area contributed by atoms with Gasteiger partial charge in [-0.1, -0.05) is 46.4 Å². The normalized spacial score (nSPS) is 10.6. The maximum atomic E-state index is 14.3. The predicted octanol–water partition coefficient (Wildman–Crippen LogP) is 6.73. The molecule has 0 saturated carbocycles. The molecule has 0 bridgehead atoms. The Morgan fingerprint density at radius 2 is 1.31 bits per heavy atom. The number of rotatable bonds is 6. The quantitative estimate of drug-likeness (QED) is 0.410. The molecule has 152 valence electrons. The van der Waals surface area contributed by atoms with Crippen molar-refractivity contribution < 1.29 is 13.9 Å². The zero-order valence-corrected chi connectivity index (χ0v) is 18.0. The van der Waals surface area contributed by atoms with Gasteiger partial charge in [0, 0.05) is 12.1 Å². The SMILES string of the molecule is COc1cc(Nc2ncc(F)c(Nc3cc(OC)c(Cl)cc3Cl)n2)c(Cl)cc1Cl. The minimum Gasteiger partial charge on any atom is -0.495 e. The lowest BCUT2D eigenvalue weighted by Crippen LogP contribution is -2.04. The summed E-state index contributed by atoms with van der Waals surface area (Å²) in [5.74, 6) is 0.0360. The van der Waals surface area contributed by atoms with Crippen LogP contribution in [0.1, 0.15) is 0 Å². The fraction of sp³-hybridized carbons (Fsp3) is 0.111. The number of halogens is 5. The summed E-state index contributed by atoms with van der Waals surface area (Å²) in [5, 5.41) is 6.93. The lowest BCUT2D eigenvalue weighted by molar-refractivity contribution is 0.415. The molecule has 11 heteroatoms. The lowest BCUT2D eigenvalue weighted by Gasteiger charge is -2.13. The summed E-state index contributed by atoms with van der Waals surface area (Å²) in [4.78, 5) is 8.04. The molecule has 2 aromatic carbocycles. The Kier molecular flexibility index (Phi) is 6.74. The number of hydrogen-bond donors (Lipinski definition) is 2. The number of benzene rings is 2. The highest BCUT2D eigenvalue weighted by Crippen LogP contribution is 2.37. The molecule has 0 unspecified atom stereocenters. The third-order valence-corrected chi connectivity index (χ3v) is 4.94. The molecule has 0 aliphatic carbocycles. The van der Waals surface area contributed by atoms with E-state index in [1.807, 2.05) is 0 Å². The molecule has 0 fully saturated rings. The Labute approximate surface area is 185 Å². The van der Waals surface area contributed by atoms with Crippen molar-refractivity contribution in [2.24, 2.45) is 0 Å². The van der Waals surface area contributed by atoms with Gasteiger partial charge in [-0.2, -0.15) is 4.98 Å². The molecule has 2 N–H and O–H groups in total. The standard InChI is InChI=1S/C18H13Cl4FN4O2/c1-28-15-5-13(8(19)3-10(15)21)25-17-12(23)7-24-18(27-17)26-14-6-16(29-2)11(22)4-9(14)20/h3-7H,1-2H3,(H2,24,25,26,27). The second-order valence-corrected chi connectivity index (χ2v) is 7.20. The number of aromatic nitrogens is 2. The molecule has 0 amide bonds. The molecule has 1 aromatic heterocycles. The van der Waals surface area contributed by atoms with Crippen LogP contribution in [-0.2, 0) is 0 Å². The van der Waals surface area contributed by atoms with Crippen LogP contribution in [0.3, 0.4) is 0 Å². The molecule has 0 aliphatic rings. The second kappa shape index (κ2) is 9.09. The number of nitrogens with one attached hydrogen (secondary N) is 2. The van der Waals surface area contributed by atoms with E-state index in [4.69, 9.17) is 55.9 Å². The Bertz CT molecular complexity index is 1070. The molecule has 6 nitrogen and oxygen atoms in total. The van der Waals surface area contributed by atoms with Crippen LogP contribution in [-0.4, -0.2) is 24.2 Å². The molecule has 0 radical (unpaired) electrons. The third kappa shape index (κ3) is 4.87. The first kappa shape index (κ1) is 21.5. The van der Waals surface area contributed by atoms with E-state index in [9.17, 15) is 4.39 Å². The minimum absolute atomic E-state index is 0.0808. The van der Waals surface area contributed by atoms with Crippen molar-refractivity contribution in [3.05, 3.63) is 56.4 Å². The highest BCUT2D eigenvalue weighted by molar-refractivity contribution is 6.38. The topological polar surface area (TPSA) is 68.3 Å². The van der Waals surface area contributed by atoms with Crippen LogP contribution in [0.25, 0.3) is 0 Å². The van der Waals surface area contributed by atoms with Gasteiger partial charge >= 0.3 is 0 Å². The largest absolute Gasteiger partial charge is 0.495 e. The van der Waals surface area contributed by atoms with E-state index >= 15 is 0 Å². The van der Waals surface area contributed by atoms with Crippen LogP contribution in [0.15, 0.2) is 30.5 Å². The number of nitrogens with zero attached hydrogens (tertiary/aromatic N) is 2. The molecule has 0 spiro atoms. The third-order valence-electron chi connectivity index (χ3n) is 3.73. The number of anilines is 4. The van der Waals surface area contributed by atoms with Gasteiger partial charge in [-0.25, -0.2) is 9.37 Å². The molecule has 1 heterocycles. The van der Waals surface area contributed by atoms with Crippen molar-refractivity contribution in [2.75, 3.05) is 24.9 Å². The van der Waals surface area contributed by atoms with Gasteiger partial charge in [0.15, 0.2) is 11.6 Å². The summed E-state index contributed by atoms with van der Waals surface area (Å²) in [6.45, 7) is 0. The van der Waals surface area contributed by atoms with E-state index in [0.29, 0.717) is 37.9 Å². The first-order valence-electron chi connectivity index (χ1n) is 7.95. The summed E-state index contributed by atoms with van der Waals surface area (Å²) in [6.07, 6.45) is 1.000. The van der Waals surface area contributed by atoms with Crippen molar-refractivity contribution in [2.45, 2.75) is 0 Å². The molecule has 0 saturated heterocycles. The minimum atomic E-state index is -0.694. The van der Waals surface area contributed by atoms with Crippen LogP contribution < -0.4 is 20.1 Å².